The van der Waals surface area contributed by atoms with Crippen molar-refractivity contribution >= 4 is 18.0 Å². The first-order valence-corrected chi connectivity index (χ1v) is 6.10. The molecule has 0 atom stereocenters. The number of carbonyl (C=O) groups excluding carboxylic acids is 1. The zero-order valence-electron chi connectivity index (χ0n) is 10.3. The standard InChI is InChI=1S/C14H14F3NO/c15-14(16,17)12-5-6-13(18-7-1-2-8-18)11(10-12)4-3-9-19/h3-6,9-10H,1-2,7-8H2/b4-3+. The molecule has 1 aromatic carbocycles. The lowest BCUT2D eigenvalue weighted by Crippen LogP contribution is -2.19. The van der Waals surface area contributed by atoms with Crippen LogP contribution in [0, 0.1) is 0 Å². The maximum atomic E-state index is 12.7. The predicted octanol–water partition coefficient (Wildman–Crippen LogP) is 3.52. The molecule has 1 aliphatic rings. The van der Waals surface area contributed by atoms with Gasteiger partial charge in [-0.25, -0.2) is 0 Å². The van der Waals surface area contributed by atoms with Crippen molar-refractivity contribution in [1.29, 1.82) is 0 Å². The Balaban J connectivity index is 2.42. The molecule has 1 saturated heterocycles. The van der Waals surface area contributed by atoms with E-state index in [1.54, 1.807) is 0 Å². The summed E-state index contributed by atoms with van der Waals surface area (Å²) in [5, 5.41) is 0. The van der Waals surface area contributed by atoms with Crippen molar-refractivity contribution in [3.8, 4) is 0 Å². The predicted molar refractivity (Wildman–Crippen MR) is 68.0 cm³/mol. The molecule has 102 valence electrons. The molecule has 0 spiro atoms. The van der Waals surface area contributed by atoms with Crippen LogP contribution in [0.25, 0.3) is 6.08 Å². The normalized spacial score (nSPS) is 16.3. The summed E-state index contributed by atoms with van der Waals surface area (Å²) in [5.74, 6) is 0. The number of carbonyl (C=O) groups is 1. The average Bonchev–Trinajstić information content (AvgIpc) is 2.88. The summed E-state index contributed by atoms with van der Waals surface area (Å²) < 4.78 is 38.1. The van der Waals surface area contributed by atoms with Crippen LogP contribution in [0.3, 0.4) is 0 Å². The van der Waals surface area contributed by atoms with E-state index in [4.69, 9.17) is 0 Å². The van der Waals surface area contributed by atoms with E-state index < -0.39 is 11.7 Å². The Bertz CT molecular complexity index is 488. The van der Waals surface area contributed by atoms with Gasteiger partial charge in [0.2, 0.25) is 0 Å². The maximum absolute atomic E-state index is 12.7. The smallest absolute Gasteiger partial charge is 0.371 e. The number of aldehydes is 1. The SMILES string of the molecule is O=C/C=C/c1cc(C(F)(F)F)ccc1N1CCCC1. The molecule has 2 rings (SSSR count). The van der Waals surface area contributed by atoms with Gasteiger partial charge in [0.1, 0.15) is 6.29 Å². The number of benzene rings is 1. The van der Waals surface area contributed by atoms with E-state index >= 15 is 0 Å². The zero-order chi connectivity index (χ0) is 13.9. The lowest BCUT2D eigenvalue weighted by atomic mass is 10.1. The number of alkyl halides is 3. The van der Waals surface area contributed by atoms with Crippen molar-refractivity contribution in [3.05, 3.63) is 35.4 Å². The van der Waals surface area contributed by atoms with Gasteiger partial charge in [0, 0.05) is 18.8 Å². The number of hydrogen-bond donors (Lipinski definition) is 0. The molecule has 0 aromatic heterocycles. The number of hydrogen-bond acceptors (Lipinski definition) is 2. The van der Waals surface area contributed by atoms with E-state index in [0.717, 1.165) is 43.8 Å². The van der Waals surface area contributed by atoms with Crippen molar-refractivity contribution in [2.24, 2.45) is 0 Å². The van der Waals surface area contributed by atoms with Crippen LogP contribution in [0.5, 0.6) is 0 Å². The van der Waals surface area contributed by atoms with Gasteiger partial charge in [0.15, 0.2) is 0 Å². The molecular formula is C14H14F3NO. The summed E-state index contributed by atoms with van der Waals surface area (Å²) in [6, 6.07) is 3.66. The minimum atomic E-state index is -4.37. The first-order valence-electron chi connectivity index (χ1n) is 6.10. The third kappa shape index (κ3) is 3.16. The summed E-state index contributed by atoms with van der Waals surface area (Å²) in [6.45, 7) is 1.68. The number of nitrogens with zero attached hydrogens (tertiary/aromatic N) is 1. The van der Waals surface area contributed by atoms with E-state index in [2.05, 4.69) is 0 Å². The van der Waals surface area contributed by atoms with Crippen LogP contribution >= 0.6 is 0 Å². The van der Waals surface area contributed by atoms with Crippen molar-refractivity contribution < 1.29 is 18.0 Å². The Labute approximate surface area is 109 Å². The summed E-state index contributed by atoms with van der Waals surface area (Å²) in [6.07, 6.45) is 0.919. The number of allylic oxidation sites excluding steroid dienone is 1. The summed E-state index contributed by atoms with van der Waals surface area (Å²) in [4.78, 5) is 12.4. The second-order valence-electron chi connectivity index (χ2n) is 4.46. The third-order valence-corrected chi connectivity index (χ3v) is 3.16. The number of halogens is 3. The first kappa shape index (κ1) is 13.6. The fourth-order valence-electron chi connectivity index (χ4n) is 2.25. The molecule has 19 heavy (non-hydrogen) atoms. The van der Waals surface area contributed by atoms with E-state index in [0.29, 0.717) is 11.8 Å². The van der Waals surface area contributed by atoms with Gasteiger partial charge in [0.05, 0.1) is 5.56 Å². The molecule has 0 saturated carbocycles. The Kier molecular flexibility index (Phi) is 3.93. The van der Waals surface area contributed by atoms with E-state index in [1.807, 2.05) is 4.90 Å². The Morgan fingerprint density at radius 1 is 1.16 bits per heavy atom. The third-order valence-electron chi connectivity index (χ3n) is 3.16. The highest BCUT2D eigenvalue weighted by atomic mass is 19.4. The van der Waals surface area contributed by atoms with Crippen LogP contribution < -0.4 is 4.90 Å². The molecule has 1 fully saturated rings. The number of anilines is 1. The molecule has 5 heteroatoms. The van der Waals surface area contributed by atoms with Crippen LogP contribution in [0.15, 0.2) is 24.3 Å². The van der Waals surface area contributed by atoms with Crippen LogP contribution in [0.4, 0.5) is 18.9 Å². The molecular weight excluding hydrogens is 255 g/mol. The first-order chi connectivity index (χ1) is 9.02. The highest BCUT2D eigenvalue weighted by Gasteiger charge is 2.31. The highest BCUT2D eigenvalue weighted by molar-refractivity contribution is 5.78. The minimum absolute atomic E-state index is 0.434. The topological polar surface area (TPSA) is 20.3 Å². The van der Waals surface area contributed by atoms with Crippen molar-refractivity contribution in [2.75, 3.05) is 18.0 Å². The summed E-state index contributed by atoms with van der Waals surface area (Å²) >= 11 is 0. The van der Waals surface area contributed by atoms with Gasteiger partial charge in [-0.05, 0) is 48.8 Å². The molecule has 0 unspecified atom stereocenters. The van der Waals surface area contributed by atoms with Crippen LogP contribution in [-0.2, 0) is 11.0 Å². The van der Waals surface area contributed by atoms with Crippen LogP contribution in [0.2, 0.25) is 0 Å². The second-order valence-corrected chi connectivity index (χ2v) is 4.46. The van der Waals surface area contributed by atoms with Gasteiger partial charge in [-0.2, -0.15) is 13.2 Å². The average molecular weight is 269 g/mol. The molecule has 0 amide bonds. The van der Waals surface area contributed by atoms with Crippen molar-refractivity contribution in [3.63, 3.8) is 0 Å². The second kappa shape index (κ2) is 5.47. The highest BCUT2D eigenvalue weighted by Crippen LogP contribution is 2.34. The fraction of sp³-hybridized carbons (Fsp3) is 0.357. The van der Waals surface area contributed by atoms with Gasteiger partial charge in [-0.15, -0.1) is 0 Å². The van der Waals surface area contributed by atoms with Crippen LogP contribution in [0.1, 0.15) is 24.0 Å². The molecule has 0 radical (unpaired) electrons. The number of rotatable bonds is 3. The van der Waals surface area contributed by atoms with E-state index in [9.17, 15) is 18.0 Å². The van der Waals surface area contributed by atoms with Gasteiger partial charge >= 0.3 is 6.18 Å². The summed E-state index contributed by atoms with van der Waals surface area (Å²) in [7, 11) is 0. The molecule has 1 aromatic rings. The Hall–Kier alpha value is -1.78. The quantitative estimate of drug-likeness (QED) is 0.618. The van der Waals surface area contributed by atoms with Gasteiger partial charge in [-0.1, -0.05) is 0 Å². The van der Waals surface area contributed by atoms with Gasteiger partial charge in [-0.3, -0.25) is 4.79 Å². The van der Waals surface area contributed by atoms with Crippen molar-refractivity contribution in [2.45, 2.75) is 19.0 Å². The lowest BCUT2D eigenvalue weighted by molar-refractivity contribution is -0.137. The van der Waals surface area contributed by atoms with Gasteiger partial charge < -0.3 is 4.90 Å². The molecule has 0 aliphatic carbocycles. The fourth-order valence-corrected chi connectivity index (χ4v) is 2.25. The lowest BCUT2D eigenvalue weighted by Gasteiger charge is -2.21. The maximum Gasteiger partial charge on any atom is 0.416 e. The molecule has 0 bridgehead atoms. The van der Waals surface area contributed by atoms with E-state index in [-0.39, 0.29) is 0 Å². The Morgan fingerprint density at radius 2 is 1.84 bits per heavy atom. The van der Waals surface area contributed by atoms with Gasteiger partial charge in [0.25, 0.3) is 0 Å². The molecule has 1 aliphatic heterocycles. The van der Waals surface area contributed by atoms with Crippen LogP contribution in [-0.4, -0.2) is 19.4 Å². The zero-order valence-corrected chi connectivity index (χ0v) is 10.3. The summed E-state index contributed by atoms with van der Waals surface area (Å²) in [5.41, 5.74) is 0.494. The minimum Gasteiger partial charge on any atom is -0.371 e. The van der Waals surface area contributed by atoms with E-state index in [1.165, 1.54) is 18.2 Å². The molecule has 0 N–H and O–H groups in total. The Morgan fingerprint density at radius 3 is 2.42 bits per heavy atom. The molecule has 1 heterocycles. The largest absolute Gasteiger partial charge is 0.416 e. The monoisotopic (exact) mass is 269 g/mol. The van der Waals surface area contributed by atoms with Crippen molar-refractivity contribution in [1.82, 2.24) is 0 Å². The molecule has 2 nitrogen and oxygen atoms in total.